The molecule has 0 spiro atoms. The van der Waals surface area contributed by atoms with Crippen molar-refractivity contribution >= 4 is 17.5 Å². The number of nitrogens with one attached hydrogen (secondary N) is 1. The van der Waals surface area contributed by atoms with Crippen LogP contribution in [0.2, 0.25) is 0 Å². The smallest absolute Gasteiger partial charge is 0.333 e. The molecule has 0 aromatic heterocycles. The van der Waals surface area contributed by atoms with E-state index in [1.165, 1.54) is 19.2 Å². The molecule has 0 atom stereocenters. The maximum absolute atomic E-state index is 12.9. The molecule has 24 heavy (non-hydrogen) atoms. The lowest BCUT2D eigenvalue weighted by atomic mass is 10.1. The monoisotopic (exact) mass is 336 g/mol. The topological polar surface area (TPSA) is 49.4 Å². The Kier molecular flexibility index (Phi) is 5.23. The molecule has 0 saturated heterocycles. The van der Waals surface area contributed by atoms with E-state index in [-0.39, 0.29) is 6.54 Å². The highest BCUT2D eigenvalue weighted by molar-refractivity contribution is 6.39. The van der Waals surface area contributed by atoms with Gasteiger partial charge in [0.25, 0.3) is 0 Å². The van der Waals surface area contributed by atoms with E-state index in [1.54, 1.807) is 24.3 Å². The fourth-order valence-corrected chi connectivity index (χ4v) is 2.12. The number of para-hydroxylation sites is 1. The first-order valence-corrected chi connectivity index (χ1v) is 7.05. The number of carbonyl (C=O) groups excluding carboxylic acids is 2. The molecule has 0 aliphatic heterocycles. The lowest BCUT2D eigenvalue weighted by molar-refractivity contribution is -0.143. The molecule has 0 bridgehead atoms. The average Bonchev–Trinajstić information content (AvgIpc) is 2.54. The molecule has 0 unspecified atom stereocenters. The molecule has 7 heteroatoms. The number of alkyl halides is 3. The second kappa shape index (κ2) is 7.16. The van der Waals surface area contributed by atoms with Crippen LogP contribution >= 0.6 is 0 Å². The Labute approximate surface area is 136 Å². The highest BCUT2D eigenvalue weighted by atomic mass is 19.4. The number of anilines is 1. The third-order valence-electron chi connectivity index (χ3n) is 3.28. The number of benzene rings is 2. The third-order valence-corrected chi connectivity index (χ3v) is 3.28. The van der Waals surface area contributed by atoms with Crippen molar-refractivity contribution in [1.82, 2.24) is 4.90 Å². The maximum atomic E-state index is 12.9. The molecule has 2 rings (SSSR count). The van der Waals surface area contributed by atoms with Crippen molar-refractivity contribution in [2.24, 2.45) is 0 Å². The molecule has 4 nitrogen and oxygen atoms in total. The standard InChI is InChI=1S/C17H15F3N2O2/c1-22(11-12-7-3-2-4-8-12)16(24)15(23)21-14-10-6-5-9-13(14)17(18,19)20/h2-10H,11H2,1H3,(H,21,23). The summed E-state index contributed by atoms with van der Waals surface area (Å²) < 4.78 is 38.7. The second-order valence-electron chi connectivity index (χ2n) is 5.14. The van der Waals surface area contributed by atoms with Crippen molar-refractivity contribution in [1.29, 1.82) is 0 Å². The molecule has 0 fully saturated rings. The number of carbonyl (C=O) groups is 2. The molecule has 0 aliphatic rings. The van der Waals surface area contributed by atoms with Crippen molar-refractivity contribution in [3.63, 3.8) is 0 Å². The van der Waals surface area contributed by atoms with Crippen molar-refractivity contribution in [3.05, 3.63) is 65.7 Å². The van der Waals surface area contributed by atoms with Crippen molar-refractivity contribution in [2.75, 3.05) is 12.4 Å². The molecule has 1 N–H and O–H groups in total. The van der Waals surface area contributed by atoms with Crippen LogP contribution in [-0.2, 0) is 22.3 Å². The van der Waals surface area contributed by atoms with Gasteiger partial charge in [0.15, 0.2) is 0 Å². The van der Waals surface area contributed by atoms with Gasteiger partial charge in [-0.25, -0.2) is 0 Å². The Bertz CT molecular complexity index is 730. The van der Waals surface area contributed by atoms with Crippen LogP contribution in [0.3, 0.4) is 0 Å². The van der Waals surface area contributed by atoms with Gasteiger partial charge in [-0.1, -0.05) is 42.5 Å². The highest BCUT2D eigenvalue weighted by Crippen LogP contribution is 2.34. The fraction of sp³-hybridized carbons (Fsp3) is 0.176. The number of likely N-dealkylation sites (N-methyl/N-ethyl adjacent to an activating group) is 1. The molecule has 126 valence electrons. The number of halogens is 3. The Balaban J connectivity index is 2.08. The highest BCUT2D eigenvalue weighted by Gasteiger charge is 2.34. The zero-order valence-corrected chi connectivity index (χ0v) is 12.8. The van der Waals surface area contributed by atoms with Crippen molar-refractivity contribution in [2.45, 2.75) is 12.7 Å². The summed E-state index contributed by atoms with van der Waals surface area (Å²) in [7, 11) is 1.41. The summed E-state index contributed by atoms with van der Waals surface area (Å²) in [5.41, 5.74) is -0.648. The summed E-state index contributed by atoms with van der Waals surface area (Å²) in [6.45, 7) is 0.175. The fourth-order valence-electron chi connectivity index (χ4n) is 2.12. The molecule has 0 aliphatic carbocycles. The van der Waals surface area contributed by atoms with Gasteiger partial charge in [-0.15, -0.1) is 0 Å². The average molecular weight is 336 g/mol. The van der Waals surface area contributed by atoms with E-state index in [2.05, 4.69) is 0 Å². The van der Waals surface area contributed by atoms with Crippen LogP contribution in [-0.4, -0.2) is 23.8 Å². The molecular formula is C17H15F3N2O2. The number of rotatable bonds is 3. The van der Waals surface area contributed by atoms with Crippen LogP contribution in [0.1, 0.15) is 11.1 Å². The van der Waals surface area contributed by atoms with E-state index in [9.17, 15) is 22.8 Å². The second-order valence-corrected chi connectivity index (χ2v) is 5.14. The van der Waals surface area contributed by atoms with Crippen LogP contribution in [0.25, 0.3) is 0 Å². The van der Waals surface area contributed by atoms with Crippen LogP contribution in [0.5, 0.6) is 0 Å². The number of hydrogen-bond acceptors (Lipinski definition) is 2. The Morgan fingerprint density at radius 2 is 1.58 bits per heavy atom. The zero-order chi connectivity index (χ0) is 17.7. The van der Waals surface area contributed by atoms with E-state index in [4.69, 9.17) is 0 Å². The van der Waals surface area contributed by atoms with Gasteiger partial charge in [0.2, 0.25) is 0 Å². The SMILES string of the molecule is CN(Cc1ccccc1)C(=O)C(=O)Nc1ccccc1C(F)(F)F. The summed E-state index contributed by atoms with van der Waals surface area (Å²) in [6, 6.07) is 13.4. The summed E-state index contributed by atoms with van der Waals surface area (Å²) >= 11 is 0. The lowest BCUT2D eigenvalue weighted by Gasteiger charge is -2.18. The van der Waals surface area contributed by atoms with Crippen molar-refractivity contribution in [3.8, 4) is 0 Å². The van der Waals surface area contributed by atoms with Crippen molar-refractivity contribution < 1.29 is 22.8 Å². The quantitative estimate of drug-likeness (QED) is 0.875. The molecule has 0 radical (unpaired) electrons. The molecule has 2 aromatic carbocycles. The van der Waals surface area contributed by atoms with Gasteiger partial charge < -0.3 is 10.2 Å². The van der Waals surface area contributed by atoms with E-state index < -0.39 is 29.2 Å². The predicted octanol–water partition coefficient (Wildman–Crippen LogP) is 3.30. The van der Waals surface area contributed by atoms with Crippen LogP contribution < -0.4 is 5.32 Å². The minimum absolute atomic E-state index is 0.175. The van der Waals surface area contributed by atoms with Gasteiger partial charge in [0.05, 0.1) is 11.3 Å². The lowest BCUT2D eigenvalue weighted by Crippen LogP contribution is -2.37. The minimum atomic E-state index is -4.62. The van der Waals surface area contributed by atoms with E-state index >= 15 is 0 Å². The van der Waals surface area contributed by atoms with Gasteiger partial charge in [-0.3, -0.25) is 9.59 Å². The predicted molar refractivity (Wildman–Crippen MR) is 83.0 cm³/mol. The Morgan fingerprint density at radius 1 is 1.00 bits per heavy atom. The van der Waals surface area contributed by atoms with Crippen LogP contribution in [0, 0.1) is 0 Å². The summed E-state index contributed by atoms with van der Waals surface area (Å²) in [5, 5.41) is 2.03. The number of nitrogens with zero attached hydrogens (tertiary/aromatic N) is 1. The first-order valence-electron chi connectivity index (χ1n) is 7.05. The molecule has 0 saturated carbocycles. The first kappa shape index (κ1) is 17.5. The third kappa shape index (κ3) is 4.34. The normalized spacial score (nSPS) is 11.0. The van der Waals surface area contributed by atoms with E-state index in [0.717, 1.165) is 22.6 Å². The number of hydrogen-bond donors (Lipinski definition) is 1. The number of amides is 2. The summed E-state index contributed by atoms with van der Waals surface area (Å²) in [6.07, 6.45) is -4.62. The van der Waals surface area contributed by atoms with E-state index in [0.29, 0.717) is 0 Å². The minimum Gasteiger partial charge on any atom is -0.333 e. The van der Waals surface area contributed by atoms with E-state index in [1.807, 2.05) is 11.4 Å². The largest absolute Gasteiger partial charge is 0.418 e. The van der Waals surface area contributed by atoms with Crippen LogP contribution in [0.15, 0.2) is 54.6 Å². The van der Waals surface area contributed by atoms with Gasteiger partial charge in [0.1, 0.15) is 0 Å². The first-order chi connectivity index (χ1) is 11.3. The van der Waals surface area contributed by atoms with Gasteiger partial charge in [-0.2, -0.15) is 13.2 Å². The van der Waals surface area contributed by atoms with Gasteiger partial charge in [0, 0.05) is 13.6 Å². The van der Waals surface area contributed by atoms with Gasteiger partial charge in [-0.05, 0) is 17.7 Å². The maximum Gasteiger partial charge on any atom is 0.418 e. The molecular weight excluding hydrogens is 321 g/mol. The molecule has 2 aromatic rings. The Hall–Kier alpha value is -2.83. The molecule has 2 amide bonds. The zero-order valence-electron chi connectivity index (χ0n) is 12.8. The summed E-state index contributed by atoms with van der Waals surface area (Å²) in [4.78, 5) is 25.1. The molecule has 0 heterocycles. The van der Waals surface area contributed by atoms with Gasteiger partial charge >= 0.3 is 18.0 Å². The van der Waals surface area contributed by atoms with Crippen LogP contribution in [0.4, 0.5) is 18.9 Å². The Morgan fingerprint density at radius 3 is 2.21 bits per heavy atom. The summed E-state index contributed by atoms with van der Waals surface area (Å²) in [5.74, 6) is -2.04.